The summed E-state index contributed by atoms with van der Waals surface area (Å²) in [5.74, 6) is 0. The normalized spacial score (nSPS) is 18.3. The van der Waals surface area contributed by atoms with Crippen LogP contribution in [0.1, 0.15) is 25.3 Å². The van der Waals surface area contributed by atoms with Gasteiger partial charge in [0.15, 0.2) is 0 Å². The topological polar surface area (TPSA) is 15.3 Å². The van der Waals surface area contributed by atoms with Crippen molar-refractivity contribution in [2.45, 2.75) is 32.7 Å². The summed E-state index contributed by atoms with van der Waals surface area (Å²) in [6.45, 7) is 7.98. The molecule has 1 aliphatic heterocycles. The third-order valence-corrected chi connectivity index (χ3v) is 4.18. The lowest BCUT2D eigenvalue weighted by atomic mass is 10.0. The molecule has 2 rings (SSSR count). The second kappa shape index (κ2) is 5.87. The van der Waals surface area contributed by atoms with E-state index in [1.807, 2.05) is 0 Å². The van der Waals surface area contributed by atoms with Crippen LogP contribution >= 0.6 is 15.9 Å². The summed E-state index contributed by atoms with van der Waals surface area (Å²) in [5, 5.41) is 3.65. The molecule has 0 amide bonds. The third-order valence-electron chi connectivity index (χ3n) is 3.52. The highest BCUT2D eigenvalue weighted by atomic mass is 79.9. The molecule has 0 spiro atoms. The van der Waals surface area contributed by atoms with Crippen molar-refractivity contribution in [1.82, 2.24) is 4.90 Å². The number of halogens is 1. The number of piperidine rings is 1. The maximum atomic E-state index is 3.65. The minimum atomic E-state index is 0.622. The standard InChI is InChI=1S/C14H21BrN2/c1-3-17-8-6-12(7-9-17)16-14-5-4-11(2)10-13(14)15/h4-5,10,12,16H,3,6-9H2,1-2H3. The molecule has 1 aromatic rings. The van der Waals surface area contributed by atoms with E-state index in [0.29, 0.717) is 6.04 Å². The second-order valence-electron chi connectivity index (χ2n) is 4.84. The Morgan fingerprint density at radius 2 is 2.06 bits per heavy atom. The van der Waals surface area contributed by atoms with Crippen molar-refractivity contribution in [1.29, 1.82) is 0 Å². The molecule has 3 heteroatoms. The third kappa shape index (κ3) is 3.46. The number of benzene rings is 1. The van der Waals surface area contributed by atoms with Crippen molar-refractivity contribution in [2.24, 2.45) is 0 Å². The Balaban J connectivity index is 1.93. The van der Waals surface area contributed by atoms with Gasteiger partial charge in [0.2, 0.25) is 0 Å². The van der Waals surface area contributed by atoms with E-state index in [1.165, 1.54) is 48.2 Å². The number of aryl methyl sites for hydroxylation is 1. The number of nitrogens with zero attached hydrogens (tertiary/aromatic N) is 1. The summed E-state index contributed by atoms with van der Waals surface area (Å²) in [4.78, 5) is 2.52. The van der Waals surface area contributed by atoms with Crippen LogP contribution in [0.3, 0.4) is 0 Å². The van der Waals surface area contributed by atoms with Crippen LogP contribution in [0.2, 0.25) is 0 Å². The molecule has 17 heavy (non-hydrogen) atoms. The zero-order valence-electron chi connectivity index (χ0n) is 10.7. The van der Waals surface area contributed by atoms with Crippen LogP contribution in [0.15, 0.2) is 22.7 Å². The molecule has 2 nitrogen and oxygen atoms in total. The summed E-state index contributed by atoms with van der Waals surface area (Å²) in [7, 11) is 0. The van der Waals surface area contributed by atoms with Gasteiger partial charge in [0.05, 0.1) is 0 Å². The fourth-order valence-corrected chi connectivity index (χ4v) is 2.96. The number of hydrogen-bond donors (Lipinski definition) is 1. The van der Waals surface area contributed by atoms with Crippen LogP contribution in [-0.4, -0.2) is 30.6 Å². The minimum absolute atomic E-state index is 0.622. The van der Waals surface area contributed by atoms with Crippen molar-refractivity contribution in [2.75, 3.05) is 25.0 Å². The fourth-order valence-electron chi connectivity index (χ4n) is 2.35. The Kier molecular flexibility index (Phi) is 4.46. The molecule has 0 radical (unpaired) electrons. The Labute approximate surface area is 113 Å². The predicted octanol–water partition coefficient (Wildman–Crippen LogP) is 3.65. The van der Waals surface area contributed by atoms with E-state index < -0.39 is 0 Å². The fraction of sp³-hybridized carbons (Fsp3) is 0.571. The lowest BCUT2D eigenvalue weighted by Crippen LogP contribution is -2.38. The van der Waals surface area contributed by atoms with Crippen molar-refractivity contribution < 1.29 is 0 Å². The van der Waals surface area contributed by atoms with E-state index in [-0.39, 0.29) is 0 Å². The summed E-state index contributed by atoms with van der Waals surface area (Å²) < 4.78 is 1.18. The molecular weight excluding hydrogens is 276 g/mol. The van der Waals surface area contributed by atoms with Gasteiger partial charge in [-0.1, -0.05) is 13.0 Å². The van der Waals surface area contributed by atoms with Crippen LogP contribution in [0.4, 0.5) is 5.69 Å². The zero-order chi connectivity index (χ0) is 12.3. The molecule has 0 aromatic heterocycles. The van der Waals surface area contributed by atoms with Crippen LogP contribution in [0.25, 0.3) is 0 Å². The smallest absolute Gasteiger partial charge is 0.0486 e. The van der Waals surface area contributed by atoms with Crippen molar-refractivity contribution in [3.63, 3.8) is 0 Å². The van der Waals surface area contributed by atoms with Crippen molar-refractivity contribution in [3.05, 3.63) is 28.2 Å². The largest absolute Gasteiger partial charge is 0.381 e. The molecule has 0 atom stereocenters. The average Bonchev–Trinajstić information content (AvgIpc) is 2.34. The van der Waals surface area contributed by atoms with Crippen molar-refractivity contribution >= 4 is 21.6 Å². The first-order valence-electron chi connectivity index (χ1n) is 6.44. The number of anilines is 1. The SMILES string of the molecule is CCN1CCC(Nc2ccc(C)cc2Br)CC1. The number of hydrogen-bond acceptors (Lipinski definition) is 2. The minimum Gasteiger partial charge on any atom is -0.381 e. The molecule has 0 bridgehead atoms. The van der Waals surface area contributed by atoms with Gasteiger partial charge in [-0.05, 0) is 59.9 Å². The average molecular weight is 297 g/mol. The van der Waals surface area contributed by atoms with Crippen molar-refractivity contribution in [3.8, 4) is 0 Å². The molecule has 1 aliphatic rings. The first-order chi connectivity index (χ1) is 8.19. The highest BCUT2D eigenvalue weighted by Gasteiger charge is 2.18. The summed E-state index contributed by atoms with van der Waals surface area (Å²) in [5.41, 5.74) is 2.52. The Hall–Kier alpha value is -0.540. The highest BCUT2D eigenvalue weighted by molar-refractivity contribution is 9.10. The van der Waals surface area contributed by atoms with E-state index in [9.17, 15) is 0 Å². The van der Waals surface area contributed by atoms with Gasteiger partial charge in [-0.2, -0.15) is 0 Å². The van der Waals surface area contributed by atoms with Crippen LogP contribution in [0, 0.1) is 6.92 Å². The Morgan fingerprint density at radius 3 is 2.65 bits per heavy atom. The molecule has 0 saturated carbocycles. The first-order valence-corrected chi connectivity index (χ1v) is 7.23. The van der Waals surface area contributed by atoms with E-state index in [4.69, 9.17) is 0 Å². The highest BCUT2D eigenvalue weighted by Crippen LogP contribution is 2.25. The van der Waals surface area contributed by atoms with E-state index in [0.717, 1.165) is 0 Å². The van der Waals surface area contributed by atoms with Crippen LogP contribution < -0.4 is 5.32 Å². The summed E-state index contributed by atoms with van der Waals surface area (Å²) in [6.07, 6.45) is 2.49. The molecular formula is C14H21BrN2. The summed E-state index contributed by atoms with van der Waals surface area (Å²) in [6, 6.07) is 7.13. The lowest BCUT2D eigenvalue weighted by Gasteiger charge is -2.32. The molecule has 94 valence electrons. The van der Waals surface area contributed by atoms with E-state index in [1.54, 1.807) is 0 Å². The van der Waals surface area contributed by atoms with Gasteiger partial charge in [-0.3, -0.25) is 0 Å². The van der Waals surface area contributed by atoms with Crippen LogP contribution in [-0.2, 0) is 0 Å². The first kappa shape index (κ1) is 12.9. The molecule has 0 aliphatic carbocycles. The Bertz CT molecular complexity index is 370. The van der Waals surface area contributed by atoms with E-state index in [2.05, 4.69) is 58.2 Å². The van der Waals surface area contributed by atoms with Gasteiger partial charge < -0.3 is 10.2 Å². The molecule has 1 N–H and O–H groups in total. The monoisotopic (exact) mass is 296 g/mol. The molecule has 0 unspecified atom stereocenters. The number of rotatable bonds is 3. The lowest BCUT2D eigenvalue weighted by molar-refractivity contribution is 0.229. The summed E-state index contributed by atoms with van der Waals surface area (Å²) >= 11 is 3.63. The van der Waals surface area contributed by atoms with Gasteiger partial charge in [0, 0.05) is 29.3 Å². The molecule has 1 aromatic carbocycles. The number of likely N-dealkylation sites (tertiary alicyclic amines) is 1. The molecule has 1 saturated heterocycles. The van der Waals surface area contributed by atoms with Gasteiger partial charge >= 0.3 is 0 Å². The number of nitrogens with one attached hydrogen (secondary N) is 1. The van der Waals surface area contributed by atoms with Gasteiger partial charge in [0.1, 0.15) is 0 Å². The second-order valence-corrected chi connectivity index (χ2v) is 5.69. The van der Waals surface area contributed by atoms with Gasteiger partial charge in [0.25, 0.3) is 0 Å². The Morgan fingerprint density at radius 1 is 1.35 bits per heavy atom. The maximum Gasteiger partial charge on any atom is 0.0486 e. The van der Waals surface area contributed by atoms with Gasteiger partial charge in [-0.15, -0.1) is 0 Å². The zero-order valence-corrected chi connectivity index (χ0v) is 12.3. The molecule has 1 fully saturated rings. The molecule has 1 heterocycles. The van der Waals surface area contributed by atoms with E-state index >= 15 is 0 Å². The predicted molar refractivity (Wildman–Crippen MR) is 77.6 cm³/mol. The van der Waals surface area contributed by atoms with Gasteiger partial charge in [-0.25, -0.2) is 0 Å². The maximum absolute atomic E-state index is 3.65. The van der Waals surface area contributed by atoms with Crippen LogP contribution in [0.5, 0.6) is 0 Å². The quantitative estimate of drug-likeness (QED) is 0.916.